The molecular formula is C23H23N3O4. The van der Waals surface area contributed by atoms with Crippen LogP contribution in [0.25, 0.3) is 0 Å². The van der Waals surface area contributed by atoms with E-state index in [0.29, 0.717) is 11.3 Å². The summed E-state index contributed by atoms with van der Waals surface area (Å²) in [5.41, 5.74) is 2.72. The Morgan fingerprint density at radius 3 is 2.30 bits per heavy atom. The Bertz CT molecular complexity index is 1090. The fourth-order valence-corrected chi connectivity index (χ4v) is 3.05. The van der Waals surface area contributed by atoms with Crippen molar-refractivity contribution in [2.24, 2.45) is 0 Å². The number of rotatable bonds is 8. The number of aryl methyl sites for hydroxylation is 1. The molecule has 0 fully saturated rings. The average molecular weight is 405 g/mol. The number of unbranched alkanes of at least 4 members (excludes halogenated alkanes) is 1. The van der Waals surface area contributed by atoms with Gasteiger partial charge in [-0.15, -0.1) is 0 Å². The third kappa shape index (κ3) is 5.41. The smallest absolute Gasteiger partial charge is 0.269 e. The highest BCUT2D eigenvalue weighted by atomic mass is 16.6. The molecule has 0 unspecified atom stereocenters. The molecule has 1 heterocycles. The van der Waals surface area contributed by atoms with Crippen LogP contribution in [0.15, 0.2) is 71.7 Å². The van der Waals surface area contributed by atoms with Gasteiger partial charge in [-0.1, -0.05) is 37.6 Å². The predicted molar refractivity (Wildman–Crippen MR) is 116 cm³/mol. The molecule has 0 bridgehead atoms. The van der Waals surface area contributed by atoms with Crippen LogP contribution in [0.5, 0.6) is 0 Å². The van der Waals surface area contributed by atoms with Gasteiger partial charge in [-0.3, -0.25) is 19.7 Å². The number of pyridine rings is 1. The van der Waals surface area contributed by atoms with E-state index < -0.39 is 4.92 Å². The summed E-state index contributed by atoms with van der Waals surface area (Å²) < 4.78 is 1.41. The van der Waals surface area contributed by atoms with Crippen LogP contribution in [0.3, 0.4) is 0 Å². The van der Waals surface area contributed by atoms with Crippen molar-refractivity contribution >= 4 is 17.3 Å². The number of nitrogens with zero attached hydrogens (tertiary/aromatic N) is 2. The summed E-state index contributed by atoms with van der Waals surface area (Å²) in [5.74, 6) is -0.311. The summed E-state index contributed by atoms with van der Waals surface area (Å²) in [6.45, 7) is 2.36. The van der Waals surface area contributed by atoms with Crippen molar-refractivity contribution in [1.82, 2.24) is 4.57 Å². The number of amides is 1. The van der Waals surface area contributed by atoms with Crippen LogP contribution in [0.1, 0.15) is 41.3 Å². The minimum Gasteiger partial charge on any atom is -0.322 e. The lowest BCUT2D eigenvalue weighted by Gasteiger charge is -2.10. The molecule has 1 N–H and O–H groups in total. The van der Waals surface area contributed by atoms with Gasteiger partial charge >= 0.3 is 0 Å². The zero-order chi connectivity index (χ0) is 21.5. The molecular weight excluding hydrogens is 382 g/mol. The Morgan fingerprint density at radius 1 is 1.00 bits per heavy atom. The number of carbonyl (C=O) groups excluding carboxylic acids is 1. The third-order valence-electron chi connectivity index (χ3n) is 4.78. The van der Waals surface area contributed by atoms with Gasteiger partial charge in [0.05, 0.1) is 17.0 Å². The van der Waals surface area contributed by atoms with Crippen LogP contribution in [0.2, 0.25) is 0 Å². The highest BCUT2D eigenvalue weighted by Crippen LogP contribution is 2.14. The molecule has 7 nitrogen and oxygen atoms in total. The summed E-state index contributed by atoms with van der Waals surface area (Å²) in [6.07, 6.45) is 4.77. The molecule has 154 valence electrons. The summed E-state index contributed by atoms with van der Waals surface area (Å²) in [6, 6.07) is 16.5. The minimum atomic E-state index is -0.475. The van der Waals surface area contributed by atoms with Crippen LogP contribution in [-0.4, -0.2) is 15.4 Å². The molecule has 1 aromatic heterocycles. The van der Waals surface area contributed by atoms with Crippen molar-refractivity contribution < 1.29 is 9.72 Å². The van der Waals surface area contributed by atoms with Gasteiger partial charge in [-0.2, -0.15) is 0 Å². The fourth-order valence-electron chi connectivity index (χ4n) is 3.05. The highest BCUT2D eigenvalue weighted by molar-refractivity contribution is 6.04. The zero-order valence-corrected chi connectivity index (χ0v) is 16.7. The molecule has 0 radical (unpaired) electrons. The van der Waals surface area contributed by atoms with Gasteiger partial charge in [-0.25, -0.2) is 0 Å². The Labute approximate surface area is 174 Å². The molecule has 1 amide bonds. The molecule has 3 rings (SSSR count). The van der Waals surface area contributed by atoms with Crippen LogP contribution >= 0.6 is 0 Å². The van der Waals surface area contributed by atoms with E-state index in [-0.39, 0.29) is 23.7 Å². The first-order valence-electron chi connectivity index (χ1n) is 9.80. The molecule has 2 aromatic carbocycles. The first-order valence-corrected chi connectivity index (χ1v) is 9.80. The summed E-state index contributed by atoms with van der Waals surface area (Å²) in [5, 5.41) is 13.6. The number of aromatic nitrogens is 1. The van der Waals surface area contributed by atoms with Crippen molar-refractivity contribution in [2.75, 3.05) is 5.32 Å². The summed E-state index contributed by atoms with van der Waals surface area (Å²) in [4.78, 5) is 35.1. The van der Waals surface area contributed by atoms with Gasteiger partial charge in [0, 0.05) is 30.1 Å². The second kappa shape index (κ2) is 9.65. The standard InChI is InChI=1S/C23H23N3O4/c1-2-3-4-17-5-10-20(11-6-17)24-23(28)19-9-14-22(27)25(16-19)15-18-7-12-21(13-8-18)26(29)30/h5-14,16H,2-4,15H2,1H3,(H,24,28). The quantitative estimate of drug-likeness (QED) is 0.444. The zero-order valence-electron chi connectivity index (χ0n) is 16.7. The van der Waals surface area contributed by atoms with E-state index in [1.165, 1.54) is 40.6 Å². The Kier molecular flexibility index (Phi) is 6.75. The first kappa shape index (κ1) is 21.0. The molecule has 30 heavy (non-hydrogen) atoms. The third-order valence-corrected chi connectivity index (χ3v) is 4.78. The number of nitrogens with one attached hydrogen (secondary N) is 1. The van der Waals surface area contributed by atoms with Gasteiger partial charge in [0.1, 0.15) is 0 Å². The number of non-ortho nitro benzene ring substituents is 1. The Balaban J connectivity index is 1.71. The van der Waals surface area contributed by atoms with Crippen LogP contribution in [-0.2, 0) is 13.0 Å². The SMILES string of the molecule is CCCCc1ccc(NC(=O)c2ccc(=O)n(Cc3ccc([N+](=O)[O-])cc3)c2)cc1. The summed E-state index contributed by atoms with van der Waals surface area (Å²) >= 11 is 0. The molecule has 0 atom stereocenters. The van der Waals surface area contributed by atoms with Crippen LogP contribution in [0.4, 0.5) is 11.4 Å². The second-order valence-electron chi connectivity index (χ2n) is 7.06. The van der Waals surface area contributed by atoms with E-state index in [1.807, 2.05) is 24.3 Å². The number of anilines is 1. The van der Waals surface area contributed by atoms with Crippen molar-refractivity contribution in [1.29, 1.82) is 0 Å². The summed E-state index contributed by atoms with van der Waals surface area (Å²) in [7, 11) is 0. The second-order valence-corrected chi connectivity index (χ2v) is 7.06. The molecule has 0 aliphatic carbocycles. The molecule has 0 spiro atoms. The van der Waals surface area contributed by atoms with E-state index >= 15 is 0 Å². The van der Waals surface area contributed by atoms with Crippen molar-refractivity contribution in [3.05, 3.63) is 104 Å². The molecule has 3 aromatic rings. The minimum absolute atomic E-state index is 0.0139. The maximum absolute atomic E-state index is 12.6. The van der Waals surface area contributed by atoms with Crippen molar-refractivity contribution in [2.45, 2.75) is 32.7 Å². The Morgan fingerprint density at radius 2 is 1.67 bits per heavy atom. The van der Waals surface area contributed by atoms with E-state index in [1.54, 1.807) is 12.1 Å². The molecule has 0 saturated heterocycles. The fraction of sp³-hybridized carbons (Fsp3) is 0.217. The van der Waals surface area contributed by atoms with Gasteiger partial charge in [0.15, 0.2) is 0 Å². The molecule has 0 aliphatic heterocycles. The number of nitro benzene ring substituents is 1. The van der Waals surface area contributed by atoms with E-state index in [0.717, 1.165) is 24.8 Å². The number of benzene rings is 2. The van der Waals surface area contributed by atoms with Gasteiger partial charge < -0.3 is 9.88 Å². The lowest BCUT2D eigenvalue weighted by molar-refractivity contribution is -0.384. The molecule has 0 saturated carbocycles. The van der Waals surface area contributed by atoms with Gasteiger partial charge in [0.25, 0.3) is 17.2 Å². The largest absolute Gasteiger partial charge is 0.322 e. The lowest BCUT2D eigenvalue weighted by atomic mass is 10.1. The van der Waals surface area contributed by atoms with Crippen LogP contribution < -0.4 is 10.9 Å². The van der Waals surface area contributed by atoms with E-state index in [9.17, 15) is 19.7 Å². The topological polar surface area (TPSA) is 94.2 Å². The van der Waals surface area contributed by atoms with Crippen molar-refractivity contribution in [3.8, 4) is 0 Å². The maximum Gasteiger partial charge on any atom is 0.269 e. The number of hydrogen-bond donors (Lipinski definition) is 1. The van der Waals surface area contributed by atoms with E-state index in [2.05, 4.69) is 12.2 Å². The highest BCUT2D eigenvalue weighted by Gasteiger charge is 2.10. The van der Waals surface area contributed by atoms with Crippen LogP contribution in [0, 0.1) is 10.1 Å². The predicted octanol–water partition coefficient (Wildman–Crippen LogP) is 4.40. The number of hydrogen-bond acceptors (Lipinski definition) is 4. The molecule has 7 heteroatoms. The first-order chi connectivity index (χ1) is 14.5. The van der Waals surface area contributed by atoms with Gasteiger partial charge in [-0.05, 0) is 42.2 Å². The van der Waals surface area contributed by atoms with Crippen molar-refractivity contribution in [3.63, 3.8) is 0 Å². The maximum atomic E-state index is 12.6. The number of carbonyl (C=O) groups is 1. The molecule has 0 aliphatic rings. The Hall–Kier alpha value is -3.74. The van der Waals surface area contributed by atoms with Gasteiger partial charge in [0.2, 0.25) is 0 Å². The number of nitro groups is 1. The normalized spacial score (nSPS) is 10.6. The average Bonchev–Trinajstić information content (AvgIpc) is 2.75. The monoisotopic (exact) mass is 405 g/mol. The van der Waals surface area contributed by atoms with E-state index in [4.69, 9.17) is 0 Å². The lowest BCUT2D eigenvalue weighted by Crippen LogP contribution is -2.22.